The summed E-state index contributed by atoms with van der Waals surface area (Å²) >= 11 is 5.99. The zero-order chi connectivity index (χ0) is 13.4. The average Bonchev–Trinajstić information content (AvgIpc) is 2.38. The fourth-order valence-corrected chi connectivity index (χ4v) is 1.67. The first-order chi connectivity index (χ1) is 8.63. The number of hydrogen-bond acceptors (Lipinski definition) is 3. The average molecular weight is 270 g/mol. The second kappa shape index (κ2) is 7.71. The molecule has 1 N–H and O–H groups in total. The van der Waals surface area contributed by atoms with Crippen molar-refractivity contribution in [2.45, 2.75) is 19.3 Å². The van der Waals surface area contributed by atoms with Crippen molar-refractivity contribution in [2.75, 3.05) is 13.7 Å². The molecule has 1 aromatic carbocycles. The largest absolute Gasteiger partial charge is 0.469 e. The first kappa shape index (κ1) is 14.5. The highest BCUT2D eigenvalue weighted by molar-refractivity contribution is 6.31. The van der Waals surface area contributed by atoms with Crippen LogP contribution in [0.2, 0.25) is 5.02 Å². The molecule has 0 aliphatic carbocycles. The number of halogens is 1. The monoisotopic (exact) mass is 269 g/mol. The van der Waals surface area contributed by atoms with Crippen LogP contribution in [-0.2, 0) is 20.7 Å². The number of benzene rings is 1. The maximum Gasteiger partial charge on any atom is 0.306 e. The normalized spacial score (nSPS) is 9.89. The number of ether oxygens (including phenoxy) is 1. The maximum absolute atomic E-state index is 11.4. The Morgan fingerprint density at radius 2 is 2.00 bits per heavy atom. The van der Waals surface area contributed by atoms with Crippen molar-refractivity contribution < 1.29 is 14.3 Å². The molecule has 0 fully saturated rings. The van der Waals surface area contributed by atoms with Crippen LogP contribution < -0.4 is 5.32 Å². The van der Waals surface area contributed by atoms with Gasteiger partial charge >= 0.3 is 5.97 Å². The van der Waals surface area contributed by atoms with Gasteiger partial charge in [0.25, 0.3) is 0 Å². The van der Waals surface area contributed by atoms with E-state index in [9.17, 15) is 9.59 Å². The van der Waals surface area contributed by atoms with Crippen molar-refractivity contribution in [3.8, 4) is 0 Å². The van der Waals surface area contributed by atoms with E-state index < -0.39 is 0 Å². The molecule has 0 spiro atoms. The Morgan fingerprint density at radius 3 is 2.67 bits per heavy atom. The molecular weight excluding hydrogens is 254 g/mol. The van der Waals surface area contributed by atoms with Crippen molar-refractivity contribution >= 4 is 23.5 Å². The van der Waals surface area contributed by atoms with Crippen molar-refractivity contribution in [3.63, 3.8) is 0 Å². The van der Waals surface area contributed by atoms with E-state index in [2.05, 4.69) is 10.1 Å². The lowest BCUT2D eigenvalue weighted by atomic mass is 10.1. The van der Waals surface area contributed by atoms with Crippen LogP contribution in [0.25, 0.3) is 0 Å². The number of amides is 1. The predicted molar refractivity (Wildman–Crippen MR) is 69.4 cm³/mol. The lowest BCUT2D eigenvalue weighted by Gasteiger charge is -2.06. The van der Waals surface area contributed by atoms with Crippen LogP contribution >= 0.6 is 11.6 Å². The molecule has 1 amide bonds. The van der Waals surface area contributed by atoms with Crippen molar-refractivity contribution in [3.05, 3.63) is 34.9 Å². The summed E-state index contributed by atoms with van der Waals surface area (Å²) < 4.78 is 4.45. The van der Waals surface area contributed by atoms with Gasteiger partial charge in [-0.05, 0) is 18.1 Å². The van der Waals surface area contributed by atoms with Gasteiger partial charge in [0, 0.05) is 18.0 Å². The Labute approximate surface area is 111 Å². The number of methoxy groups -OCH3 is 1. The minimum atomic E-state index is -0.378. The van der Waals surface area contributed by atoms with E-state index in [0.29, 0.717) is 18.0 Å². The number of carbonyl (C=O) groups excluding carboxylic acids is 2. The van der Waals surface area contributed by atoms with Gasteiger partial charge in [0.15, 0.2) is 0 Å². The molecule has 1 aromatic rings. The van der Waals surface area contributed by atoms with Gasteiger partial charge in [-0.3, -0.25) is 9.59 Å². The number of rotatable bonds is 6. The molecule has 0 saturated carbocycles. The first-order valence-corrected chi connectivity index (χ1v) is 6.08. The molecule has 5 heteroatoms. The minimum absolute atomic E-state index is 0.106. The fourth-order valence-electron chi connectivity index (χ4n) is 1.44. The summed E-state index contributed by atoms with van der Waals surface area (Å²) in [6, 6.07) is 7.50. The van der Waals surface area contributed by atoms with E-state index in [1.54, 1.807) is 0 Å². The summed E-state index contributed by atoms with van der Waals surface area (Å²) in [6.07, 6.45) is 0.924. The third-order valence-corrected chi connectivity index (χ3v) is 2.83. The summed E-state index contributed by atoms with van der Waals surface area (Å²) in [5.41, 5.74) is 0.993. The van der Waals surface area contributed by atoms with Gasteiger partial charge in [0.2, 0.25) is 5.91 Å². The van der Waals surface area contributed by atoms with E-state index >= 15 is 0 Å². The van der Waals surface area contributed by atoms with Gasteiger partial charge in [0.1, 0.15) is 0 Å². The van der Waals surface area contributed by atoms with Gasteiger partial charge in [-0.2, -0.15) is 0 Å². The Balaban J connectivity index is 2.24. The Hall–Kier alpha value is -1.55. The number of esters is 1. The molecule has 0 bridgehead atoms. The third kappa shape index (κ3) is 5.19. The molecule has 1 rings (SSSR count). The topological polar surface area (TPSA) is 55.4 Å². The van der Waals surface area contributed by atoms with Crippen LogP contribution in [-0.4, -0.2) is 25.5 Å². The molecule has 98 valence electrons. The zero-order valence-electron chi connectivity index (χ0n) is 10.2. The minimum Gasteiger partial charge on any atom is -0.469 e. The van der Waals surface area contributed by atoms with Gasteiger partial charge in [-0.1, -0.05) is 29.8 Å². The first-order valence-electron chi connectivity index (χ1n) is 5.70. The molecule has 0 radical (unpaired) electrons. The molecule has 0 unspecified atom stereocenters. The van der Waals surface area contributed by atoms with Crippen LogP contribution in [0.1, 0.15) is 18.4 Å². The highest BCUT2D eigenvalue weighted by atomic mass is 35.5. The van der Waals surface area contributed by atoms with Crippen LogP contribution in [0.5, 0.6) is 0 Å². The molecule has 4 nitrogen and oxygen atoms in total. The summed E-state index contributed by atoms with van der Waals surface area (Å²) in [4.78, 5) is 22.2. The van der Waals surface area contributed by atoms with Gasteiger partial charge in [-0.25, -0.2) is 0 Å². The SMILES string of the molecule is COC(=O)CCC(=O)NCCc1ccccc1Cl. The predicted octanol–water partition coefficient (Wildman–Crippen LogP) is 1.95. The number of nitrogens with one attached hydrogen (secondary N) is 1. The highest BCUT2D eigenvalue weighted by Gasteiger charge is 2.06. The zero-order valence-corrected chi connectivity index (χ0v) is 11.0. The Morgan fingerprint density at radius 1 is 1.28 bits per heavy atom. The second-order valence-corrected chi connectivity index (χ2v) is 4.17. The van der Waals surface area contributed by atoms with E-state index in [1.807, 2.05) is 24.3 Å². The van der Waals surface area contributed by atoms with E-state index in [4.69, 9.17) is 11.6 Å². The van der Waals surface area contributed by atoms with Gasteiger partial charge < -0.3 is 10.1 Å². The number of carbonyl (C=O) groups is 2. The molecule has 0 aliphatic heterocycles. The fraction of sp³-hybridized carbons (Fsp3) is 0.385. The van der Waals surface area contributed by atoms with Crippen molar-refractivity contribution in [1.82, 2.24) is 5.32 Å². The second-order valence-electron chi connectivity index (χ2n) is 3.77. The van der Waals surface area contributed by atoms with Gasteiger partial charge in [-0.15, -0.1) is 0 Å². The van der Waals surface area contributed by atoms with Gasteiger partial charge in [0.05, 0.1) is 13.5 Å². The molecular formula is C13H16ClNO3. The highest BCUT2D eigenvalue weighted by Crippen LogP contribution is 2.14. The van der Waals surface area contributed by atoms with Crippen molar-refractivity contribution in [1.29, 1.82) is 0 Å². The lowest BCUT2D eigenvalue weighted by molar-refractivity contribution is -0.142. The van der Waals surface area contributed by atoms with E-state index in [1.165, 1.54) is 7.11 Å². The Bertz CT molecular complexity index is 420. The molecule has 0 heterocycles. The summed E-state index contributed by atoms with van der Waals surface area (Å²) in [7, 11) is 1.30. The van der Waals surface area contributed by atoms with Crippen LogP contribution in [0.3, 0.4) is 0 Å². The summed E-state index contributed by atoms with van der Waals surface area (Å²) in [5.74, 6) is -0.538. The van der Waals surface area contributed by atoms with E-state index in [0.717, 1.165) is 5.56 Å². The standard InChI is InChI=1S/C13H16ClNO3/c1-18-13(17)7-6-12(16)15-9-8-10-4-2-3-5-11(10)14/h2-5H,6-9H2,1H3,(H,15,16). The van der Waals surface area contributed by atoms with E-state index in [-0.39, 0.29) is 24.7 Å². The van der Waals surface area contributed by atoms with Crippen molar-refractivity contribution in [2.24, 2.45) is 0 Å². The lowest BCUT2D eigenvalue weighted by Crippen LogP contribution is -2.26. The molecule has 0 aliphatic rings. The van der Waals surface area contributed by atoms with Crippen LogP contribution in [0.15, 0.2) is 24.3 Å². The Kier molecular flexibility index (Phi) is 6.22. The smallest absolute Gasteiger partial charge is 0.306 e. The van der Waals surface area contributed by atoms with Crippen LogP contribution in [0, 0.1) is 0 Å². The summed E-state index contributed by atoms with van der Waals surface area (Å²) in [5, 5.41) is 3.43. The molecule has 0 atom stereocenters. The number of hydrogen-bond donors (Lipinski definition) is 1. The molecule has 0 aromatic heterocycles. The maximum atomic E-state index is 11.4. The van der Waals surface area contributed by atoms with Crippen LogP contribution in [0.4, 0.5) is 0 Å². The molecule has 0 saturated heterocycles. The molecule has 18 heavy (non-hydrogen) atoms. The summed E-state index contributed by atoms with van der Waals surface area (Å²) in [6.45, 7) is 0.504. The third-order valence-electron chi connectivity index (χ3n) is 2.46. The quantitative estimate of drug-likeness (QED) is 0.803.